The first-order valence-corrected chi connectivity index (χ1v) is 7.14. The van der Waals surface area contributed by atoms with Gasteiger partial charge in [-0.2, -0.15) is 0 Å². The Labute approximate surface area is 137 Å². The van der Waals surface area contributed by atoms with Gasteiger partial charge in [-0.1, -0.05) is 35.9 Å². The molecule has 5 nitrogen and oxygen atoms in total. The van der Waals surface area contributed by atoms with Crippen LogP contribution in [0.1, 0.15) is 15.9 Å². The maximum Gasteiger partial charge on any atom is 0.282 e. The molecule has 0 bridgehead atoms. The molecule has 2 amide bonds. The summed E-state index contributed by atoms with van der Waals surface area (Å²) in [6.45, 7) is 0. The van der Waals surface area contributed by atoms with Crippen molar-refractivity contribution in [1.82, 2.24) is 5.43 Å². The Kier molecular flexibility index (Phi) is 3.95. The van der Waals surface area contributed by atoms with Crippen LogP contribution in [-0.4, -0.2) is 18.1 Å². The van der Waals surface area contributed by atoms with Gasteiger partial charge >= 0.3 is 0 Å². The number of amides is 2. The van der Waals surface area contributed by atoms with Crippen molar-refractivity contribution in [2.75, 3.05) is 5.01 Å². The first-order chi connectivity index (χ1) is 11.1. The Morgan fingerprint density at radius 3 is 2.13 bits per heavy atom. The number of anilines is 1. The quantitative estimate of drug-likeness (QED) is 0.535. The molecule has 6 heteroatoms. The van der Waals surface area contributed by atoms with Crippen LogP contribution in [0.4, 0.5) is 5.69 Å². The monoisotopic (exact) mass is 326 g/mol. The number of nitrogens with one attached hydrogen (secondary N) is 1. The number of benzene rings is 2. The van der Waals surface area contributed by atoms with Gasteiger partial charge in [0, 0.05) is 10.6 Å². The molecule has 1 fully saturated rings. The van der Waals surface area contributed by atoms with E-state index in [1.54, 1.807) is 48.5 Å². The van der Waals surface area contributed by atoms with Crippen molar-refractivity contribution in [2.24, 2.45) is 0 Å². The molecule has 1 heterocycles. The molecule has 0 atom stereocenters. The Morgan fingerprint density at radius 2 is 1.52 bits per heavy atom. The van der Waals surface area contributed by atoms with Gasteiger partial charge in [0.1, 0.15) is 11.9 Å². The molecule has 0 spiro atoms. The number of halogens is 1. The van der Waals surface area contributed by atoms with E-state index in [1.165, 1.54) is 11.1 Å². The summed E-state index contributed by atoms with van der Waals surface area (Å²) in [6, 6.07) is 13.1. The lowest BCUT2D eigenvalue weighted by Crippen LogP contribution is -2.35. The van der Waals surface area contributed by atoms with Gasteiger partial charge in [-0.25, -0.2) is 5.01 Å². The zero-order chi connectivity index (χ0) is 16.4. The highest BCUT2D eigenvalue weighted by atomic mass is 35.5. The van der Waals surface area contributed by atoms with Gasteiger partial charge in [-0.05, 0) is 35.9 Å². The average Bonchev–Trinajstić information content (AvgIpc) is 2.84. The second kappa shape index (κ2) is 6.06. The third-order valence-electron chi connectivity index (χ3n) is 3.36. The molecule has 0 aromatic heterocycles. The van der Waals surface area contributed by atoms with Gasteiger partial charge in [0.25, 0.3) is 11.8 Å². The highest BCUT2D eigenvalue weighted by Gasteiger charge is 2.34. The molecule has 23 heavy (non-hydrogen) atoms. The molecule has 1 N–H and O–H groups in total. The number of hydrogen-bond acceptors (Lipinski definition) is 3. The van der Waals surface area contributed by atoms with Crippen molar-refractivity contribution in [3.63, 3.8) is 0 Å². The fourth-order valence-electron chi connectivity index (χ4n) is 2.17. The summed E-state index contributed by atoms with van der Waals surface area (Å²) in [5.41, 5.74) is 4.24. The molecule has 114 valence electrons. The molecular weight excluding hydrogens is 316 g/mol. The number of nitrogens with zero attached hydrogens (tertiary/aromatic N) is 1. The van der Waals surface area contributed by atoms with Crippen molar-refractivity contribution in [3.05, 3.63) is 70.3 Å². The van der Waals surface area contributed by atoms with E-state index < -0.39 is 11.8 Å². The van der Waals surface area contributed by atoms with E-state index >= 15 is 0 Å². The number of rotatable bonds is 3. The lowest BCUT2D eigenvalue weighted by atomic mass is 10.1. The van der Waals surface area contributed by atoms with Crippen LogP contribution in [0.2, 0.25) is 5.02 Å². The lowest BCUT2D eigenvalue weighted by Gasteiger charge is -2.14. The summed E-state index contributed by atoms with van der Waals surface area (Å²) < 4.78 is 0. The first kappa shape index (κ1) is 15.0. The van der Waals surface area contributed by atoms with Gasteiger partial charge in [0.05, 0.1) is 5.69 Å². The van der Waals surface area contributed by atoms with Crippen LogP contribution in [0.15, 0.2) is 54.1 Å². The Bertz CT molecular complexity index is 811. The SMILES string of the molecule is O=Cc1ccc(/C=C2/C(=O)NN(c3ccc(Cl)cc3)C2=O)cc1. The lowest BCUT2D eigenvalue weighted by molar-refractivity contribution is -0.117. The second-order valence-corrected chi connectivity index (χ2v) is 5.34. The van der Waals surface area contributed by atoms with E-state index in [0.29, 0.717) is 21.8 Å². The summed E-state index contributed by atoms with van der Waals surface area (Å²) in [5, 5.41) is 1.71. The molecule has 3 rings (SSSR count). The molecule has 1 saturated heterocycles. The van der Waals surface area contributed by atoms with Crippen molar-refractivity contribution in [3.8, 4) is 0 Å². The minimum atomic E-state index is -0.482. The molecule has 0 unspecified atom stereocenters. The molecule has 1 aliphatic rings. The van der Waals surface area contributed by atoms with E-state index in [9.17, 15) is 14.4 Å². The molecule has 1 aliphatic heterocycles. The summed E-state index contributed by atoms with van der Waals surface area (Å²) >= 11 is 5.82. The van der Waals surface area contributed by atoms with E-state index in [0.717, 1.165) is 6.29 Å². The van der Waals surface area contributed by atoms with Crippen LogP contribution in [0, 0.1) is 0 Å². The van der Waals surface area contributed by atoms with E-state index in [-0.39, 0.29) is 5.57 Å². The van der Waals surface area contributed by atoms with Crippen LogP contribution in [0.3, 0.4) is 0 Å². The predicted molar refractivity (Wildman–Crippen MR) is 86.9 cm³/mol. The minimum Gasteiger partial charge on any atom is -0.298 e. The van der Waals surface area contributed by atoms with Crippen molar-refractivity contribution in [1.29, 1.82) is 0 Å². The number of hydrazine groups is 1. The average molecular weight is 327 g/mol. The number of carbonyl (C=O) groups is 3. The third-order valence-corrected chi connectivity index (χ3v) is 3.61. The summed E-state index contributed by atoms with van der Waals surface area (Å²) in [4.78, 5) is 35.1. The number of aldehydes is 1. The van der Waals surface area contributed by atoms with Crippen molar-refractivity contribution in [2.45, 2.75) is 0 Å². The van der Waals surface area contributed by atoms with Gasteiger partial charge in [-0.3, -0.25) is 19.8 Å². The summed E-state index contributed by atoms with van der Waals surface area (Å²) in [5.74, 6) is -0.929. The fourth-order valence-corrected chi connectivity index (χ4v) is 2.29. The van der Waals surface area contributed by atoms with Gasteiger partial charge in [-0.15, -0.1) is 0 Å². The van der Waals surface area contributed by atoms with Crippen molar-refractivity contribution < 1.29 is 14.4 Å². The molecule has 0 radical (unpaired) electrons. The second-order valence-electron chi connectivity index (χ2n) is 4.90. The summed E-state index contributed by atoms with van der Waals surface area (Å²) in [7, 11) is 0. The van der Waals surface area contributed by atoms with Gasteiger partial charge in [0.2, 0.25) is 0 Å². The van der Waals surface area contributed by atoms with E-state index in [4.69, 9.17) is 11.6 Å². The highest BCUT2D eigenvalue weighted by molar-refractivity contribution is 6.32. The molecule has 2 aromatic carbocycles. The van der Waals surface area contributed by atoms with Crippen LogP contribution in [0.5, 0.6) is 0 Å². The van der Waals surface area contributed by atoms with Gasteiger partial charge < -0.3 is 0 Å². The Balaban J connectivity index is 1.89. The maximum atomic E-state index is 12.4. The first-order valence-electron chi connectivity index (χ1n) is 6.76. The normalized spacial score (nSPS) is 15.9. The molecule has 2 aromatic rings. The largest absolute Gasteiger partial charge is 0.298 e. The van der Waals surface area contributed by atoms with Gasteiger partial charge in [0.15, 0.2) is 0 Å². The Hall–Kier alpha value is -2.92. The zero-order valence-corrected chi connectivity index (χ0v) is 12.6. The van der Waals surface area contributed by atoms with Crippen LogP contribution in [-0.2, 0) is 9.59 Å². The molecular formula is C17H11ClN2O3. The van der Waals surface area contributed by atoms with Crippen LogP contribution < -0.4 is 10.4 Å². The Morgan fingerprint density at radius 1 is 0.913 bits per heavy atom. The fraction of sp³-hybridized carbons (Fsp3) is 0. The smallest absolute Gasteiger partial charge is 0.282 e. The van der Waals surface area contributed by atoms with Crippen LogP contribution >= 0.6 is 11.6 Å². The van der Waals surface area contributed by atoms with E-state index in [2.05, 4.69) is 5.43 Å². The third kappa shape index (κ3) is 3.00. The number of carbonyl (C=O) groups excluding carboxylic acids is 3. The van der Waals surface area contributed by atoms with Crippen molar-refractivity contribution >= 4 is 41.5 Å². The molecule has 0 saturated carbocycles. The highest BCUT2D eigenvalue weighted by Crippen LogP contribution is 2.23. The number of hydrogen-bond donors (Lipinski definition) is 1. The topological polar surface area (TPSA) is 66.5 Å². The summed E-state index contributed by atoms with van der Waals surface area (Å²) in [6.07, 6.45) is 2.22. The zero-order valence-electron chi connectivity index (χ0n) is 11.8. The van der Waals surface area contributed by atoms with Crippen LogP contribution in [0.25, 0.3) is 6.08 Å². The van der Waals surface area contributed by atoms with E-state index in [1.807, 2.05) is 0 Å². The maximum absolute atomic E-state index is 12.4. The minimum absolute atomic E-state index is 0.0267. The molecule has 0 aliphatic carbocycles. The predicted octanol–water partition coefficient (Wildman–Crippen LogP) is 2.61. The standard InChI is InChI=1S/C17H11ClN2O3/c18-13-5-7-14(8-6-13)20-17(23)15(16(22)19-20)9-11-1-3-12(10-21)4-2-11/h1-10H,(H,19,22)/b15-9-.